The van der Waals surface area contributed by atoms with E-state index in [0.717, 1.165) is 36.5 Å². The molecule has 1 aliphatic carbocycles. The third-order valence-electron chi connectivity index (χ3n) is 11.2. The molecule has 256 valence electrons. The summed E-state index contributed by atoms with van der Waals surface area (Å²) in [5, 5.41) is 0. The van der Waals surface area contributed by atoms with Crippen molar-refractivity contribution in [1.29, 1.82) is 0 Å². The van der Waals surface area contributed by atoms with Crippen molar-refractivity contribution in [2.45, 2.75) is 207 Å². The first-order chi connectivity index (χ1) is 21.6. The highest BCUT2D eigenvalue weighted by molar-refractivity contribution is 6.12. The van der Waals surface area contributed by atoms with Gasteiger partial charge in [-0.1, -0.05) is 175 Å². The molecule has 1 saturated carbocycles. The summed E-state index contributed by atoms with van der Waals surface area (Å²) in [7, 11) is 0. The minimum Gasteiger partial charge on any atom is -0.275 e. The van der Waals surface area contributed by atoms with Crippen LogP contribution in [0.4, 0.5) is 0 Å². The van der Waals surface area contributed by atoms with Gasteiger partial charge in [-0.2, -0.15) is 0 Å². The van der Waals surface area contributed by atoms with Gasteiger partial charge in [-0.15, -0.1) is 0 Å². The minimum atomic E-state index is -0.132. The highest BCUT2D eigenvalue weighted by Crippen LogP contribution is 2.47. The van der Waals surface area contributed by atoms with Gasteiger partial charge in [0.05, 0.1) is 0 Å². The lowest BCUT2D eigenvalue weighted by atomic mass is 9.61. The van der Waals surface area contributed by atoms with Crippen LogP contribution < -0.4 is 0 Å². The fraction of sp³-hybridized carbons (Fsp3) is 0.902. The smallest absolute Gasteiger partial charge is 0.253 e. The van der Waals surface area contributed by atoms with Gasteiger partial charge in [0.25, 0.3) is 11.8 Å². The lowest BCUT2D eigenvalue weighted by Crippen LogP contribution is -2.35. The molecule has 0 aromatic carbocycles. The van der Waals surface area contributed by atoms with Crippen LogP contribution in [0.5, 0.6) is 0 Å². The molecule has 44 heavy (non-hydrogen) atoms. The summed E-state index contributed by atoms with van der Waals surface area (Å²) in [6.07, 6.45) is 43.5. The summed E-state index contributed by atoms with van der Waals surface area (Å²) in [4.78, 5) is 25.0. The van der Waals surface area contributed by atoms with Crippen LogP contribution >= 0.6 is 0 Å². The summed E-state index contributed by atoms with van der Waals surface area (Å²) >= 11 is 0. The Kier molecular flexibility index (Phi) is 23.1. The number of hydrogen-bond acceptors (Lipinski definition) is 2. The Labute approximate surface area is 275 Å². The molecule has 0 N–H and O–H groups in total. The van der Waals surface area contributed by atoms with E-state index in [1.165, 1.54) is 190 Å². The molecule has 0 radical (unpaired) electrons. The van der Waals surface area contributed by atoms with Gasteiger partial charge in [-0.25, -0.2) is 0 Å². The van der Waals surface area contributed by atoms with Gasteiger partial charge in [0.1, 0.15) is 0 Å². The molecule has 1 heterocycles. The van der Waals surface area contributed by atoms with Crippen LogP contribution in [0.15, 0.2) is 12.2 Å². The molecule has 0 bridgehead atoms. The van der Waals surface area contributed by atoms with Crippen molar-refractivity contribution < 1.29 is 9.59 Å². The number of amides is 2. The lowest BCUT2D eigenvalue weighted by molar-refractivity contribution is -0.136. The Balaban J connectivity index is 1.87. The van der Waals surface area contributed by atoms with Crippen molar-refractivity contribution >= 4 is 11.8 Å². The number of imide groups is 1. The number of nitrogens with zero attached hydrogens (tertiary/aromatic N) is 1. The fourth-order valence-corrected chi connectivity index (χ4v) is 8.54. The first-order valence-corrected chi connectivity index (χ1v) is 20.2. The normalized spacial score (nSPS) is 22.0. The van der Waals surface area contributed by atoms with Crippen LogP contribution in [-0.4, -0.2) is 23.3 Å². The zero-order valence-corrected chi connectivity index (χ0v) is 29.9. The van der Waals surface area contributed by atoms with E-state index >= 15 is 0 Å². The molecule has 0 spiro atoms. The second kappa shape index (κ2) is 26.0. The van der Waals surface area contributed by atoms with E-state index in [4.69, 9.17) is 0 Å². The third-order valence-corrected chi connectivity index (χ3v) is 11.2. The van der Waals surface area contributed by atoms with E-state index in [2.05, 4.69) is 20.8 Å². The fourth-order valence-electron chi connectivity index (χ4n) is 8.54. The van der Waals surface area contributed by atoms with Crippen molar-refractivity contribution in [3.05, 3.63) is 12.2 Å². The summed E-state index contributed by atoms with van der Waals surface area (Å²) in [5.41, 5.74) is 0. The predicted molar refractivity (Wildman–Crippen MR) is 191 cm³/mol. The highest BCUT2D eigenvalue weighted by atomic mass is 16.2. The Morgan fingerprint density at radius 1 is 0.455 bits per heavy atom. The van der Waals surface area contributed by atoms with E-state index < -0.39 is 0 Å². The number of rotatable bonds is 29. The molecule has 0 aromatic heterocycles. The quantitative estimate of drug-likeness (QED) is 0.0621. The maximum atomic E-state index is 11.8. The van der Waals surface area contributed by atoms with Gasteiger partial charge >= 0.3 is 0 Å². The zero-order chi connectivity index (χ0) is 31.7. The molecule has 0 saturated heterocycles. The summed E-state index contributed by atoms with van der Waals surface area (Å²) in [6, 6.07) is 0. The van der Waals surface area contributed by atoms with Crippen LogP contribution in [0.1, 0.15) is 207 Å². The van der Waals surface area contributed by atoms with Crippen molar-refractivity contribution in [1.82, 2.24) is 4.90 Å². The number of hydrogen-bond donors (Lipinski definition) is 0. The third kappa shape index (κ3) is 16.4. The first kappa shape index (κ1) is 39.1. The average Bonchev–Trinajstić information content (AvgIpc) is 3.35. The Hall–Kier alpha value is -1.12. The Morgan fingerprint density at radius 3 is 1.18 bits per heavy atom. The van der Waals surface area contributed by atoms with E-state index in [9.17, 15) is 9.59 Å². The first-order valence-electron chi connectivity index (χ1n) is 20.2. The van der Waals surface area contributed by atoms with Crippen LogP contribution in [0.3, 0.4) is 0 Å². The minimum absolute atomic E-state index is 0.132. The van der Waals surface area contributed by atoms with Crippen LogP contribution in [-0.2, 0) is 9.59 Å². The van der Waals surface area contributed by atoms with Crippen molar-refractivity contribution in [3.63, 3.8) is 0 Å². The maximum Gasteiger partial charge on any atom is 0.253 e. The average molecular weight is 614 g/mol. The van der Waals surface area contributed by atoms with Gasteiger partial charge in [0, 0.05) is 18.7 Å². The Bertz CT molecular complexity index is 725. The number of unbranched alkanes of at least 4 members (excludes halogenated alkanes) is 19. The summed E-state index contributed by atoms with van der Waals surface area (Å²) in [5.74, 6) is 3.65. The van der Waals surface area contributed by atoms with E-state index in [1.54, 1.807) is 0 Å². The highest BCUT2D eigenvalue weighted by Gasteiger charge is 2.37. The molecule has 3 nitrogen and oxygen atoms in total. The van der Waals surface area contributed by atoms with Crippen LogP contribution in [0.2, 0.25) is 0 Å². The van der Waals surface area contributed by atoms with Gasteiger partial charge in [0.15, 0.2) is 0 Å². The maximum absolute atomic E-state index is 11.8. The standard InChI is InChI=1S/C41H75NO2/c1-4-7-10-13-15-18-23-28-37-32-31-36(27-22-12-9-6-3)38(29-24-19-14-11-8-5-2)39(37)30-25-20-16-17-21-26-35-42-40(43)33-34-41(42)44/h33-34,36-39H,4-32,35H2,1-3H3. The summed E-state index contributed by atoms with van der Waals surface area (Å²) in [6.45, 7) is 7.59. The van der Waals surface area contributed by atoms with E-state index in [-0.39, 0.29) is 11.8 Å². The van der Waals surface area contributed by atoms with Crippen molar-refractivity contribution in [2.24, 2.45) is 23.7 Å². The molecule has 2 aliphatic rings. The van der Waals surface area contributed by atoms with Crippen molar-refractivity contribution in [2.75, 3.05) is 6.54 Å². The van der Waals surface area contributed by atoms with Gasteiger partial charge in [-0.3, -0.25) is 14.5 Å². The Morgan fingerprint density at radius 2 is 0.773 bits per heavy atom. The molecular formula is C41H75NO2. The van der Waals surface area contributed by atoms with Gasteiger partial charge in [-0.05, 0) is 55.8 Å². The molecule has 0 aromatic rings. The van der Waals surface area contributed by atoms with E-state index in [1.807, 2.05) is 0 Å². The molecule has 3 heteroatoms. The predicted octanol–water partition coefficient (Wildman–Crippen LogP) is 12.8. The summed E-state index contributed by atoms with van der Waals surface area (Å²) < 4.78 is 0. The van der Waals surface area contributed by atoms with Crippen LogP contribution in [0.25, 0.3) is 0 Å². The zero-order valence-electron chi connectivity index (χ0n) is 29.9. The second-order valence-electron chi connectivity index (χ2n) is 14.8. The topological polar surface area (TPSA) is 37.4 Å². The van der Waals surface area contributed by atoms with Gasteiger partial charge < -0.3 is 0 Å². The molecule has 4 unspecified atom stereocenters. The molecule has 4 atom stereocenters. The second-order valence-corrected chi connectivity index (χ2v) is 14.8. The monoisotopic (exact) mass is 614 g/mol. The largest absolute Gasteiger partial charge is 0.275 e. The molecule has 1 fully saturated rings. The van der Waals surface area contributed by atoms with Crippen LogP contribution in [0, 0.1) is 23.7 Å². The molecular weight excluding hydrogens is 538 g/mol. The van der Waals surface area contributed by atoms with Gasteiger partial charge in [0.2, 0.25) is 0 Å². The molecule has 1 aliphatic heterocycles. The lowest BCUT2D eigenvalue weighted by Gasteiger charge is -2.44. The SMILES string of the molecule is CCCCCCCCCC1CCC(CCCCCC)C(CCCCCCCC)C1CCCCCCCCN1C(=O)C=CC1=O. The van der Waals surface area contributed by atoms with Crippen molar-refractivity contribution in [3.8, 4) is 0 Å². The van der Waals surface area contributed by atoms with E-state index in [0.29, 0.717) is 6.54 Å². The number of carbonyl (C=O) groups is 2. The molecule has 2 amide bonds. The molecule has 2 rings (SSSR count). The number of carbonyl (C=O) groups excluding carboxylic acids is 2.